The van der Waals surface area contributed by atoms with Crippen LogP contribution in [0.3, 0.4) is 0 Å². The van der Waals surface area contributed by atoms with Crippen molar-refractivity contribution >= 4 is 28.6 Å². The highest BCUT2D eigenvalue weighted by Gasteiger charge is 2.43. The van der Waals surface area contributed by atoms with Gasteiger partial charge >= 0.3 is 6.03 Å². The lowest BCUT2D eigenvalue weighted by Crippen LogP contribution is -2.55. The second-order valence-electron chi connectivity index (χ2n) is 9.95. The molecule has 4 rings (SSSR count). The summed E-state index contributed by atoms with van der Waals surface area (Å²) in [5.74, 6) is 0.0209. The summed E-state index contributed by atoms with van der Waals surface area (Å²) in [4.78, 5) is 45.2. The van der Waals surface area contributed by atoms with Gasteiger partial charge in [0, 0.05) is 48.7 Å². The first-order valence-electron chi connectivity index (χ1n) is 13.1. The number of piperidine rings is 1. The number of hydrogen-bond acceptors (Lipinski definition) is 5. The molecular weight excluding hydrogens is 442 g/mol. The van der Waals surface area contributed by atoms with Crippen LogP contribution in [0.25, 0.3) is 10.9 Å². The normalized spacial score (nSPS) is 21.5. The molecule has 2 aliphatic rings. The second-order valence-corrected chi connectivity index (χ2v) is 9.95. The lowest BCUT2D eigenvalue weighted by molar-refractivity contribution is -0.135. The van der Waals surface area contributed by atoms with Crippen molar-refractivity contribution in [3.63, 3.8) is 0 Å². The van der Waals surface area contributed by atoms with E-state index in [4.69, 9.17) is 0 Å². The number of fused-ring (bicyclic) bond motifs is 2. The number of carbonyl (C=O) groups is 3. The summed E-state index contributed by atoms with van der Waals surface area (Å²) < 4.78 is 0. The van der Waals surface area contributed by atoms with E-state index in [2.05, 4.69) is 51.8 Å². The minimum atomic E-state index is -0.327. The Labute approximate surface area is 207 Å². The fourth-order valence-electron chi connectivity index (χ4n) is 5.93. The van der Waals surface area contributed by atoms with E-state index in [1.54, 1.807) is 0 Å². The van der Waals surface area contributed by atoms with E-state index in [0.717, 1.165) is 31.3 Å². The number of ketones is 1. The van der Waals surface area contributed by atoms with E-state index in [-0.39, 0.29) is 29.6 Å². The number of hydrogen-bond donors (Lipinski definition) is 3. The summed E-state index contributed by atoms with van der Waals surface area (Å²) >= 11 is 0. The number of Topliss-reactive ketones (excluding diaryl/α,β-unsaturated/α-hetero) is 1. The fraction of sp³-hybridized carbons (Fsp3) is 0.593. The van der Waals surface area contributed by atoms with Crippen molar-refractivity contribution in [1.29, 1.82) is 0 Å². The quantitative estimate of drug-likeness (QED) is 0.453. The van der Waals surface area contributed by atoms with E-state index < -0.39 is 0 Å². The summed E-state index contributed by atoms with van der Waals surface area (Å²) in [6, 6.07) is 6.49. The topological polar surface area (TPSA) is 97.5 Å². The first-order valence-corrected chi connectivity index (χ1v) is 13.1. The molecule has 1 aliphatic carbocycles. The number of carbonyl (C=O) groups excluding carboxylic acids is 3. The Kier molecular flexibility index (Phi) is 8.23. The third kappa shape index (κ3) is 5.43. The highest BCUT2D eigenvalue weighted by molar-refractivity contribution is 5.96. The number of imide groups is 1. The fourth-order valence-corrected chi connectivity index (χ4v) is 5.93. The van der Waals surface area contributed by atoms with Gasteiger partial charge in [-0.3, -0.25) is 19.4 Å². The molecule has 35 heavy (non-hydrogen) atoms. The Bertz CT molecular complexity index is 1060. The van der Waals surface area contributed by atoms with Crippen molar-refractivity contribution in [3.8, 4) is 0 Å². The smallest absolute Gasteiger partial charge is 0.324 e. The lowest BCUT2D eigenvalue weighted by atomic mass is 9.72. The van der Waals surface area contributed by atoms with Crippen molar-refractivity contribution in [2.45, 2.75) is 58.4 Å². The highest BCUT2D eigenvalue weighted by atomic mass is 16.2. The number of benzene rings is 1. The number of H-pyrrole nitrogens is 1. The number of urea groups is 1. The van der Waals surface area contributed by atoms with E-state index in [0.29, 0.717) is 45.2 Å². The molecule has 3 amide bonds. The van der Waals surface area contributed by atoms with Crippen molar-refractivity contribution in [2.24, 2.45) is 5.92 Å². The van der Waals surface area contributed by atoms with E-state index in [1.807, 2.05) is 6.92 Å². The van der Waals surface area contributed by atoms with Gasteiger partial charge in [0.25, 0.3) is 0 Å². The molecule has 3 N–H and O–H groups in total. The number of nitrogens with zero attached hydrogens (tertiary/aromatic N) is 2. The zero-order chi connectivity index (χ0) is 24.9. The number of likely N-dealkylation sites (tertiary alicyclic amines) is 1. The standard InChI is InChI=1S/C27H39N5O3/c1-4-11-31-17-20(26(34)32(27(35)29-5-2)12-7-10-28-15-18(3)33)13-22-21-8-6-9-23-25(21)19(16-30-23)14-24(22)31/h6,8-9,16,20,22,24,28,30H,4-5,7,10-15,17H2,1-3H3,(H,29,35)/t20-,22-,24-/m1/s1. The maximum Gasteiger partial charge on any atom is 0.324 e. The van der Waals surface area contributed by atoms with Crippen LogP contribution in [0.15, 0.2) is 24.4 Å². The molecule has 1 fully saturated rings. The Balaban J connectivity index is 1.55. The zero-order valence-electron chi connectivity index (χ0n) is 21.2. The molecule has 1 aromatic carbocycles. The third-order valence-electron chi connectivity index (χ3n) is 7.38. The predicted molar refractivity (Wildman–Crippen MR) is 137 cm³/mol. The van der Waals surface area contributed by atoms with Gasteiger partial charge in [-0.1, -0.05) is 19.1 Å². The number of rotatable bonds is 10. The molecule has 190 valence electrons. The van der Waals surface area contributed by atoms with Crippen molar-refractivity contribution in [1.82, 2.24) is 25.4 Å². The van der Waals surface area contributed by atoms with Crippen LogP contribution < -0.4 is 10.6 Å². The maximum absolute atomic E-state index is 13.8. The molecule has 1 saturated heterocycles. The first-order chi connectivity index (χ1) is 16.9. The average molecular weight is 482 g/mol. The van der Waals surface area contributed by atoms with Crippen LogP contribution in [0.1, 0.15) is 57.1 Å². The maximum atomic E-state index is 13.8. The number of aromatic amines is 1. The highest BCUT2D eigenvalue weighted by Crippen LogP contribution is 2.45. The van der Waals surface area contributed by atoms with Crippen LogP contribution in [0, 0.1) is 5.92 Å². The van der Waals surface area contributed by atoms with Gasteiger partial charge in [-0.05, 0) is 69.8 Å². The molecule has 0 unspecified atom stereocenters. The third-order valence-corrected chi connectivity index (χ3v) is 7.38. The summed E-state index contributed by atoms with van der Waals surface area (Å²) in [5, 5.41) is 7.21. The van der Waals surface area contributed by atoms with Gasteiger partial charge < -0.3 is 15.6 Å². The van der Waals surface area contributed by atoms with Gasteiger partial charge in [0.15, 0.2) is 0 Å². The number of aromatic nitrogens is 1. The van der Waals surface area contributed by atoms with Crippen molar-refractivity contribution in [2.75, 3.05) is 39.3 Å². The summed E-state index contributed by atoms with van der Waals surface area (Å²) in [6.45, 7) is 8.90. The first kappa shape index (κ1) is 25.4. The molecule has 0 bridgehead atoms. The largest absolute Gasteiger partial charge is 0.361 e. The summed E-state index contributed by atoms with van der Waals surface area (Å²) in [7, 11) is 0. The minimum absolute atomic E-state index is 0.0718. The van der Waals surface area contributed by atoms with E-state index in [9.17, 15) is 14.4 Å². The van der Waals surface area contributed by atoms with E-state index >= 15 is 0 Å². The summed E-state index contributed by atoms with van der Waals surface area (Å²) in [6.07, 6.45) is 5.52. The Hall–Kier alpha value is -2.71. The van der Waals surface area contributed by atoms with Gasteiger partial charge in [-0.15, -0.1) is 0 Å². The van der Waals surface area contributed by atoms with Crippen LogP contribution in [0.4, 0.5) is 4.79 Å². The average Bonchev–Trinajstić information content (AvgIpc) is 3.25. The second kappa shape index (κ2) is 11.4. The van der Waals surface area contributed by atoms with Gasteiger partial charge in [0.1, 0.15) is 5.78 Å². The molecule has 2 heterocycles. The molecule has 0 radical (unpaired) electrons. The van der Waals surface area contributed by atoms with Crippen LogP contribution in [0.2, 0.25) is 0 Å². The Morgan fingerprint density at radius 2 is 2.06 bits per heavy atom. The molecule has 8 heteroatoms. The zero-order valence-corrected chi connectivity index (χ0v) is 21.2. The molecule has 3 atom stereocenters. The lowest BCUT2D eigenvalue weighted by Gasteiger charge is -2.47. The van der Waals surface area contributed by atoms with Gasteiger partial charge in [-0.2, -0.15) is 0 Å². The van der Waals surface area contributed by atoms with Gasteiger partial charge in [-0.25, -0.2) is 4.79 Å². The Morgan fingerprint density at radius 1 is 1.23 bits per heavy atom. The van der Waals surface area contributed by atoms with Crippen LogP contribution >= 0.6 is 0 Å². The SMILES string of the molecule is CCCN1C[C@H](C(=O)N(CCCNCC(C)=O)C(=O)NCC)C[C@@H]2c3cccc4[nH]cc(c34)C[C@H]21. The van der Waals surface area contributed by atoms with Crippen LogP contribution in [-0.2, 0) is 16.0 Å². The summed E-state index contributed by atoms with van der Waals surface area (Å²) in [5.41, 5.74) is 3.85. The van der Waals surface area contributed by atoms with Crippen molar-refractivity contribution < 1.29 is 14.4 Å². The predicted octanol–water partition coefficient (Wildman–Crippen LogP) is 3.03. The van der Waals surface area contributed by atoms with Crippen LogP contribution in [0.5, 0.6) is 0 Å². The molecule has 2 aromatic rings. The Morgan fingerprint density at radius 3 is 2.80 bits per heavy atom. The monoisotopic (exact) mass is 481 g/mol. The molecular formula is C27H39N5O3. The van der Waals surface area contributed by atoms with Crippen LogP contribution in [-0.4, -0.2) is 77.8 Å². The molecule has 1 aliphatic heterocycles. The molecule has 0 saturated carbocycles. The van der Waals surface area contributed by atoms with Crippen molar-refractivity contribution in [3.05, 3.63) is 35.5 Å². The molecule has 0 spiro atoms. The van der Waals surface area contributed by atoms with Gasteiger partial charge in [0.2, 0.25) is 5.91 Å². The molecule has 1 aromatic heterocycles. The minimum Gasteiger partial charge on any atom is -0.361 e. The van der Waals surface area contributed by atoms with E-state index in [1.165, 1.54) is 28.3 Å². The molecule has 8 nitrogen and oxygen atoms in total. The number of amides is 3. The number of nitrogens with one attached hydrogen (secondary N) is 3. The van der Waals surface area contributed by atoms with Gasteiger partial charge in [0.05, 0.1) is 12.5 Å².